The molecule has 2 aliphatic heterocycles. The summed E-state index contributed by atoms with van der Waals surface area (Å²) in [5, 5.41) is 9.44. The van der Waals surface area contributed by atoms with Crippen LogP contribution in [0.5, 0.6) is 5.75 Å². The first-order chi connectivity index (χ1) is 14.0. The standard InChI is InChI=1S/C19H21N5O3S2/c20-11-13-10-19(13)4-6-24(7-5-19)16-3-8-27-17-9-14(1-2-15(16)17)29(25,26)23-18-21-12-22-28-18/h1-2,9,12-13,16H,3-8,10H2,(H,21,22,23)/t13?,16-/m0/s1. The van der Waals surface area contributed by atoms with E-state index in [9.17, 15) is 13.7 Å². The fraction of sp³-hybridized carbons (Fsp3) is 0.526. The van der Waals surface area contributed by atoms with Gasteiger partial charge in [-0.15, -0.1) is 0 Å². The van der Waals surface area contributed by atoms with E-state index in [-0.39, 0.29) is 27.4 Å². The van der Waals surface area contributed by atoms with Gasteiger partial charge in [-0.1, -0.05) is 6.07 Å². The summed E-state index contributed by atoms with van der Waals surface area (Å²) in [7, 11) is -3.74. The van der Waals surface area contributed by atoms with Crippen molar-refractivity contribution in [1.29, 1.82) is 5.26 Å². The van der Waals surface area contributed by atoms with Crippen LogP contribution >= 0.6 is 11.5 Å². The minimum atomic E-state index is -3.74. The number of rotatable bonds is 4. The van der Waals surface area contributed by atoms with E-state index in [2.05, 4.69) is 25.0 Å². The Hall–Kier alpha value is -2.22. The van der Waals surface area contributed by atoms with Gasteiger partial charge in [-0.2, -0.15) is 9.64 Å². The highest BCUT2D eigenvalue weighted by atomic mass is 32.2. The first-order valence-electron chi connectivity index (χ1n) is 9.71. The van der Waals surface area contributed by atoms with Crippen LogP contribution in [-0.2, 0) is 10.0 Å². The summed E-state index contributed by atoms with van der Waals surface area (Å²) in [6, 6.07) is 7.76. The van der Waals surface area contributed by atoms with Crippen molar-refractivity contribution in [2.24, 2.45) is 11.3 Å². The number of piperidine rings is 1. The Kier molecular flexibility index (Phi) is 4.49. The first kappa shape index (κ1) is 18.8. The number of hydrogen-bond donors (Lipinski definition) is 1. The maximum Gasteiger partial charge on any atom is 0.263 e. The van der Waals surface area contributed by atoms with Gasteiger partial charge in [0.05, 0.1) is 23.5 Å². The lowest BCUT2D eigenvalue weighted by molar-refractivity contribution is 0.0902. The van der Waals surface area contributed by atoms with Crippen molar-refractivity contribution in [2.45, 2.75) is 36.6 Å². The quantitative estimate of drug-likeness (QED) is 0.793. The third-order valence-electron chi connectivity index (χ3n) is 6.47. The molecule has 1 saturated carbocycles. The second-order valence-corrected chi connectivity index (χ2v) is 10.5. The largest absolute Gasteiger partial charge is 0.493 e. The van der Waals surface area contributed by atoms with Crippen molar-refractivity contribution in [3.8, 4) is 11.8 Å². The molecule has 1 aliphatic carbocycles. The molecule has 8 nitrogen and oxygen atoms in total. The number of benzene rings is 1. The molecule has 1 aromatic carbocycles. The molecule has 29 heavy (non-hydrogen) atoms. The average Bonchev–Trinajstić information content (AvgIpc) is 3.15. The molecular formula is C19H21N5O3S2. The second kappa shape index (κ2) is 6.93. The summed E-state index contributed by atoms with van der Waals surface area (Å²) < 4.78 is 37.4. The summed E-state index contributed by atoms with van der Waals surface area (Å²) >= 11 is 0.990. The number of aromatic nitrogens is 2. The molecule has 152 valence electrons. The normalized spacial score (nSPS) is 25.6. The average molecular weight is 432 g/mol. The maximum atomic E-state index is 12.6. The molecular weight excluding hydrogens is 410 g/mol. The summed E-state index contributed by atoms with van der Waals surface area (Å²) in [6.45, 7) is 2.51. The van der Waals surface area contributed by atoms with Crippen molar-refractivity contribution < 1.29 is 13.2 Å². The fourth-order valence-corrected chi connectivity index (χ4v) is 6.33. The Morgan fingerprint density at radius 1 is 1.34 bits per heavy atom. The minimum absolute atomic E-state index is 0.152. The first-order valence-corrected chi connectivity index (χ1v) is 12.0. The Bertz CT molecular complexity index is 1060. The molecule has 0 amide bonds. The van der Waals surface area contributed by atoms with E-state index in [1.165, 1.54) is 6.33 Å². The number of nitriles is 1. The molecule has 0 bridgehead atoms. The number of nitrogens with zero attached hydrogens (tertiary/aromatic N) is 4. The Balaban J connectivity index is 1.34. The van der Waals surface area contributed by atoms with Crippen LogP contribution in [0.3, 0.4) is 0 Å². The molecule has 1 unspecified atom stereocenters. The van der Waals surface area contributed by atoms with Gasteiger partial charge in [0, 0.05) is 35.6 Å². The highest BCUT2D eigenvalue weighted by Crippen LogP contribution is 2.59. The fourth-order valence-electron chi connectivity index (χ4n) is 4.65. The minimum Gasteiger partial charge on any atom is -0.493 e. The summed E-state index contributed by atoms with van der Waals surface area (Å²) in [5.41, 5.74) is 1.29. The smallest absolute Gasteiger partial charge is 0.263 e. The lowest BCUT2D eigenvalue weighted by atomic mass is 9.88. The third kappa shape index (κ3) is 3.37. The Morgan fingerprint density at radius 2 is 2.17 bits per heavy atom. The lowest BCUT2D eigenvalue weighted by Gasteiger charge is -2.40. The highest BCUT2D eigenvalue weighted by molar-refractivity contribution is 7.93. The van der Waals surface area contributed by atoms with Gasteiger partial charge in [0.2, 0.25) is 5.13 Å². The van der Waals surface area contributed by atoms with Gasteiger partial charge in [0.1, 0.15) is 12.1 Å². The van der Waals surface area contributed by atoms with Crippen molar-refractivity contribution in [2.75, 3.05) is 24.4 Å². The number of likely N-dealkylation sites (tertiary alicyclic amines) is 1. The van der Waals surface area contributed by atoms with Crippen LogP contribution in [0.15, 0.2) is 29.4 Å². The Morgan fingerprint density at radius 3 is 2.86 bits per heavy atom. The molecule has 2 aromatic rings. The van der Waals surface area contributed by atoms with Gasteiger partial charge >= 0.3 is 0 Å². The predicted octanol–water partition coefficient (Wildman–Crippen LogP) is 2.79. The SMILES string of the molecule is N#CC1CC12CCN([C@H]1CCOc3cc(S(=O)(=O)Nc4ncns4)ccc31)CC2. The van der Waals surface area contributed by atoms with Crippen LogP contribution in [0.1, 0.15) is 37.3 Å². The van der Waals surface area contributed by atoms with Crippen LogP contribution in [0.25, 0.3) is 0 Å². The number of hydrogen-bond acceptors (Lipinski definition) is 8. The van der Waals surface area contributed by atoms with E-state index in [1.807, 2.05) is 6.07 Å². The van der Waals surface area contributed by atoms with Crippen LogP contribution in [0.4, 0.5) is 5.13 Å². The summed E-state index contributed by atoms with van der Waals surface area (Å²) in [5.74, 6) is 0.864. The van der Waals surface area contributed by atoms with E-state index in [0.717, 1.165) is 55.9 Å². The Labute approximate surface area is 173 Å². The zero-order valence-corrected chi connectivity index (χ0v) is 17.4. The van der Waals surface area contributed by atoms with Crippen LogP contribution in [-0.4, -0.2) is 42.4 Å². The molecule has 1 aromatic heterocycles. The highest BCUT2D eigenvalue weighted by Gasteiger charge is 2.55. The van der Waals surface area contributed by atoms with Crippen molar-refractivity contribution in [3.63, 3.8) is 0 Å². The second-order valence-electron chi connectivity index (χ2n) is 7.99. The van der Waals surface area contributed by atoms with Gasteiger partial charge in [-0.05, 0) is 43.8 Å². The predicted molar refractivity (Wildman–Crippen MR) is 107 cm³/mol. The van der Waals surface area contributed by atoms with E-state index in [1.54, 1.807) is 12.1 Å². The molecule has 2 fully saturated rings. The van der Waals surface area contributed by atoms with E-state index in [0.29, 0.717) is 12.4 Å². The van der Waals surface area contributed by atoms with E-state index >= 15 is 0 Å². The van der Waals surface area contributed by atoms with Crippen molar-refractivity contribution in [3.05, 3.63) is 30.1 Å². The molecule has 10 heteroatoms. The van der Waals surface area contributed by atoms with Gasteiger partial charge in [0.15, 0.2) is 0 Å². The zero-order valence-electron chi connectivity index (χ0n) is 15.7. The number of sulfonamides is 1. The van der Waals surface area contributed by atoms with Crippen molar-refractivity contribution >= 4 is 26.7 Å². The molecule has 1 saturated heterocycles. The number of nitrogens with one attached hydrogen (secondary N) is 1. The number of fused-ring (bicyclic) bond motifs is 1. The molecule has 1 N–H and O–H groups in total. The number of ether oxygens (including phenoxy) is 1. The van der Waals surface area contributed by atoms with Crippen LogP contribution in [0, 0.1) is 22.7 Å². The van der Waals surface area contributed by atoms with Crippen LogP contribution < -0.4 is 9.46 Å². The molecule has 2 atom stereocenters. The zero-order chi connectivity index (χ0) is 20.1. The summed E-state index contributed by atoms with van der Waals surface area (Å²) in [6.07, 6.45) is 5.37. The van der Waals surface area contributed by atoms with Crippen LogP contribution in [0.2, 0.25) is 0 Å². The molecule has 1 spiro atoms. The molecule has 3 aliphatic rings. The van der Waals surface area contributed by atoms with Gasteiger partial charge in [-0.3, -0.25) is 9.62 Å². The van der Waals surface area contributed by atoms with Crippen molar-refractivity contribution in [1.82, 2.24) is 14.3 Å². The topological polar surface area (TPSA) is 108 Å². The number of anilines is 1. The summed E-state index contributed by atoms with van der Waals surface area (Å²) in [4.78, 5) is 6.49. The molecule has 3 heterocycles. The monoisotopic (exact) mass is 431 g/mol. The third-order valence-corrected chi connectivity index (χ3v) is 8.51. The van der Waals surface area contributed by atoms with Gasteiger partial charge in [-0.25, -0.2) is 13.4 Å². The molecule has 5 rings (SSSR count). The van der Waals surface area contributed by atoms with Gasteiger partial charge in [0.25, 0.3) is 10.0 Å². The lowest BCUT2D eigenvalue weighted by Crippen LogP contribution is -2.39. The molecule has 0 radical (unpaired) electrons. The van der Waals surface area contributed by atoms with Gasteiger partial charge < -0.3 is 4.74 Å². The maximum absolute atomic E-state index is 12.6. The van der Waals surface area contributed by atoms with E-state index < -0.39 is 10.0 Å². The van der Waals surface area contributed by atoms with E-state index in [4.69, 9.17) is 4.74 Å².